The van der Waals surface area contributed by atoms with Gasteiger partial charge in [-0.05, 0) is 105 Å². The van der Waals surface area contributed by atoms with Crippen molar-refractivity contribution in [3.8, 4) is 22.3 Å². The minimum Gasteiger partial charge on any atom is -0.356 e. The second-order valence-corrected chi connectivity index (χ2v) is 14.5. The first kappa shape index (κ1) is 28.7. The molecule has 6 aromatic carbocycles. The van der Waals surface area contributed by atoms with Crippen molar-refractivity contribution in [2.75, 3.05) is 10.2 Å². The van der Waals surface area contributed by atoms with Gasteiger partial charge in [-0.25, -0.2) is 0 Å². The molecule has 0 bridgehead atoms. The van der Waals surface area contributed by atoms with Crippen molar-refractivity contribution in [1.29, 1.82) is 0 Å². The molecule has 0 saturated heterocycles. The normalized spacial score (nSPS) is 20.9. The molecular weight excluding hydrogens is 617 g/mol. The maximum absolute atomic E-state index is 3.52. The lowest BCUT2D eigenvalue weighted by Crippen LogP contribution is -2.38. The van der Waals surface area contributed by atoms with Gasteiger partial charge in [0.25, 0.3) is 0 Å². The van der Waals surface area contributed by atoms with Crippen LogP contribution in [0.1, 0.15) is 40.2 Å². The summed E-state index contributed by atoms with van der Waals surface area (Å²) in [5, 5.41) is 3.52. The molecule has 1 N–H and O–H groups in total. The summed E-state index contributed by atoms with van der Waals surface area (Å²) in [5.41, 5.74) is 18.6. The average Bonchev–Trinajstić information content (AvgIpc) is 3.80. The predicted octanol–water partition coefficient (Wildman–Crippen LogP) is 11.8. The first-order valence-corrected chi connectivity index (χ1v) is 18.2. The standard InChI is InChI=1S/C49H36N2/c1-2-12-34(13-3-1)50-35-25-22-32(23-26-35)33-24-29-48-42(30-33)41-17-7-11-21-47(41)51(48)36-27-28-40-39-16-6-10-20-45(39)49(46(40)31-36)43-18-8-4-14-37(43)38-15-5-9-19-44(38)49/h1-30,41,46-47,50H,31H2. The molecule has 0 aromatic heterocycles. The van der Waals surface area contributed by atoms with Gasteiger partial charge in [0.15, 0.2) is 0 Å². The van der Waals surface area contributed by atoms with E-state index >= 15 is 0 Å². The number of nitrogens with zero attached hydrogens (tertiary/aromatic N) is 1. The number of para-hydroxylation sites is 1. The molecule has 0 fully saturated rings. The summed E-state index contributed by atoms with van der Waals surface area (Å²) in [6.45, 7) is 0. The Balaban J connectivity index is 0.996. The van der Waals surface area contributed by atoms with Crippen LogP contribution in [0.4, 0.5) is 17.1 Å². The fraction of sp³-hybridized carbons (Fsp3) is 0.102. The van der Waals surface area contributed by atoms with Crippen molar-refractivity contribution in [2.45, 2.75) is 23.8 Å². The molecule has 2 heteroatoms. The number of hydrogen-bond donors (Lipinski definition) is 1. The highest BCUT2D eigenvalue weighted by Gasteiger charge is 2.57. The zero-order valence-electron chi connectivity index (χ0n) is 28.2. The molecular formula is C49H36N2. The number of nitrogens with one attached hydrogen (secondary N) is 1. The van der Waals surface area contributed by atoms with Gasteiger partial charge in [0.05, 0.1) is 11.5 Å². The third kappa shape index (κ3) is 4.05. The first-order valence-electron chi connectivity index (χ1n) is 18.2. The molecule has 3 unspecified atom stereocenters. The third-order valence-corrected chi connectivity index (χ3v) is 12.1. The topological polar surface area (TPSA) is 15.3 Å². The average molecular weight is 653 g/mol. The van der Waals surface area contributed by atoms with Crippen LogP contribution in [0, 0.1) is 5.92 Å². The quantitative estimate of drug-likeness (QED) is 0.204. The van der Waals surface area contributed by atoms with Crippen LogP contribution >= 0.6 is 0 Å². The Morgan fingerprint density at radius 2 is 1.16 bits per heavy atom. The van der Waals surface area contributed by atoms with Crippen LogP contribution in [-0.2, 0) is 5.41 Å². The number of benzene rings is 6. The maximum atomic E-state index is 3.52. The molecule has 1 heterocycles. The van der Waals surface area contributed by atoms with Crippen LogP contribution in [0.3, 0.4) is 0 Å². The van der Waals surface area contributed by atoms with E-state index in [4.69, 9.17) is 0 Å². The summed E-state index contributed by atoms with van der Waals surface area (Å²) in [6.07, 6.45) is 15.1. The molecule has 11 rings (SSSR count). The Kier molecular flexibility index (Phi) is 6.15. The number of anilines is 3. The van der Waals surface area contributed by atoms with E-state index in [1.54, 1.807) is 0 Å². The van der Waals surface area contributed by atoms with Crippen molar-refractivity contribution >= 4 is 22.6 Å². The van der Waals surface area contributed by atoms with Gasteiger partial charge in [-0.1, -0.05) is 140 Å². The van der Waals surface area contributed by atoms with Gasteiger partial charge in [-0.15, -0.1) is 0 Å². The SMILES string of the molecule is C1=CC2c3cc(-c4ccc(Nc5ccccc5)cc4)ccc3N(C3=CC=C4c5ccccc5C5(c6ccccc6-c6ccccc65)C4C3)C2C=C1. The van der Waals surface area contributed by atoms with Crippen molar-refractivity contribution in [1.82, 2.24) is 0 Å². The highest BCUT2D eigenvalue weighted by molar-refractivity contribution is 5.93. The van der Waals surface area contributed by atoms with Crippen LogP contribution < -0.4 is 10.2 Å². The monoisotopic (exact) mass is 652 g/mol. The van der Waals surface area contributed by atoms with Gasteiger partial charge >= 0.3 is 0 Å². The van der Waals surface area contributed by atoms with Crippen molar-refractivity contribution < 1.29 is 0 Å². The van der Waals surface area contributed by atoms with E-state index in [1.807, 2.05) is 6.07 Å². The number of hydrogen-bond acceptors (Lipinski definition) is 2. The fourth-order valence-electron chi connectivity index (χ4n) is 10.0. The van der Waals surface area contributed by atoms with E-state index in [1.165, 1.54) is 67.0 Å². The van der Waals surface area contributed by atoms with Crippen LogP contribution in [0.5, 0.6) is 0 Å². The van der Waals surface area contributed by atoms with E-state index in [0.29, 0.717) is 11.8 Å². The van der Waals surface area contributed by atoms with Gasteiger partial charge in [-0.3, -0.25) is 0 Å². The van der Waals surface area contributed by atoms with Crippen LogP contribution in [0.25, 0.3) is 27.8 Å². The molecule has 5 aliphatic rings. The van der Waals surface area contributed by atoms with Gasteiger partial charge in [0.1, 0.15) is 0 Å². The van der Waals surface area contributed by atoms with Gasteiger partial charge < -0.3 is 10.2 Å². The second-order valence-electron chi connectivity index (χ2n) is 14.5. The maximum Gasteiger partial charge on any atom is 0.0626 e. The second kappa shape index (κ2) is 10.9. The van der Waals surface area contributed by atoms with Crippen LogP contribution in [-0.4, -0.2) is 6.04 Å². The number of allylic oxidation sites excluding steroid dienone is 6. The molecule has 4 aliphatic carbocycles. The molecule has 0 radical (unpaired) electrons. The minimum absolute atomic E-state index is 0.217. The lowest BCUT2D eigenvalue weighted by Gasteiger charge is -2.40. The molecule has 6 aromatic rings. The zero-order valence-corrected chi connectivity index (χ0v) is 28.2. The highest BCUT2D eigenvalue weighted by Crippen LogP contribution is 2.66. The molecule has 242 valence electrons. The summed E-state index contributed by atoms with van der Waals surface area (Å²) in [6, 6.07) is 54.1. The summed E-state index contributed by atoms with van der Waals surface area (Å²) < 4.78 is 0. The Morgan fingerprint density at radius 1 is 0.549 bits per heavy atom. The van der Waals surface area contributed by atoms with Crippen molar-refractivity contribution in [2.24, 2.45) is 5.92 Å². The summed E-state index contributed by atoms with van der Waals surface area (Å²) in [4.78, 5) is 2.66. The smallest absolute Gasteiger partial charge is 0.0626 e. The first-order chi connectivity index (χ1) is 25.3. The van der Waals surface area contributed by atoms with Crippen LogP contribution in [0.15, 0.2) is 188 Å². The fourth-order valence-corrected chi connectivity index (χ4v) is 10.0. The molecule has 2 nitrogen and oxygen atoms in total. The largest absolute Gasteiger partial charge is 0.356 e. The molecule has 1 spiro atoms. The summed E-state index contributed by atoms with van der Waals surface area (Å²) >= 11 is 0. The van der Waals surface area contributed by atoms with E-state index in [-0.39, 0.29) is 11.5 Å². The molecule has 3 atom stereocenters. The van der Waals surface area contributed by atoms with E-state index < -0.39 is 0 Å². The molecule has 0 amide bonds. The highest BCUT2D eigenvalue weighted by atomic mass is 15.2. The zero-order chi connectivity index (χ0) is 33.5. The molecule has 1 aliphatic heterocycles. The van der Waals surface area contributed by atoms with E-state index in [0.717, 1.165) is 17.8 Å². The Labute approximate surface area is 299 Å². The van der Waals surface area contributed by atoms with Gasteiger partial charge in [0.2, 0.25) is 0 Å². The minimum atomic E-state index is -0.217. The number of rotatable bonds is 4. The van der Waals surface area contributed by atoms with Crippen molar-refractivity contribution in [3.05, 3.63) is 216 Å². The Morgan fingerprint density at radius 3 is 1.90 bits per heavy atom. The van der Waals surface area contributed by atoms with Crippen molar-refractivity contribution in [3.63, 3.8) is 0 Å². The van der Waals surface area contributed by atoms with Crippen LogP contribution in [0.2, 0.25) is 0 Å². The third-order valence-electron chi connectivity index (χ3n) is 12.1. The Hall–Kier alpha value is -6.12. The summed E-state index contributed by atoms with van der Waals surface area (Å²) in [7, 11) is 0. The van der Waals surface area contributed by atoms with Gasteiger partial charge in [0, 0.05) is 34.6 Å². The lowest BCUT2D eigenvalue weighted by molar-refractivity contribution is 0.477. The molecule has 0 saturated carbocycles. The number of fused-ring (bicyclic) bond motifs is 13. The molecule has 51 heavy (non-hydrogen) atoms. The van der Waals surface area contributed by atoms with E-state index in [9.17, 15) is 0 Å². The Bertz CT molecular complexity index is 2450. The van der Waals surface area contributed by atoms with E-state index in [2.05, 4.69) is 186 Å². The lowest BCUT2D eigenvalue weighted by atomic mass is 9.65. The van der Waals surface area contributed by atoms with Gasteiger partial charge in [-0.2, -0.15) is 0 Å². The summed E-state index contributed by atoms with van der Waals surface area (Å²) in [5.74, 6) is 0.602. The predicted molar refractivity (Wildman–Crippen MR) is 211 cm³/mol.